The number of aromatic amines is 1. The fraction of sp³-hybridized carbons (Fsp3) is 0.276. The van der Waals surface area contributed by atoms with Crippen molar-refractivity contribution in [1.82, 2.24) is 9.88 Å². The molecule has 6 rings (SSSR count). The summed E-state index contributed by atoms with van der Waals surface area (Å²) in [5, 5.41) is 1.20. The predicted molar refractivity (Wildman–Crippen MR) is 147 cm³/mol. The maximum absolute atomic E-state index is 13.6. The molecule has 4 aromatic rings. The van der Waals surface area contributed by atoms with E-state index >= 15 is 0 Å². The second-order valence-corrected chi connectivity index (χ2v) is 12.6. The number of H-pyrrole nitrogens is 1. The first-order valence-electron chi connectivity index (χ1n) is 12.5. The molecular weight excluding hydrogens is 484 g/mol. The molecule has 7 nitrogen and oxygen atoms in total. The van der Waals surface area contributed by atoms with Crippen LogP contribution >= 0.6 is 0 Å². The lowest BCUT2D eigenvalue weighted by Gasteiger charge is -2.46. The number of nitrogens with zero attached hydrogens (tertiary/aromatic N) is 2. The molecule has 0 saturated heterocycles. The monoisotopic (exact) mass is 514 g/mol. The van der Waals surface area contributed by atoms with Gasteiger partial charge >= 0.3 is 0 Å². The van der Waals surface area contributed by atoms with Crippen molar-refractivity contribution in [2.45, 2.75) is 43.7 Å². The number of rotatable bonds is 3. The number of carbonyl (C=O) groups excluding carboxylic acids is 1. The molecule has 3 heterocycles. The Bertz CT molecular complexity index is 1650. The zero-order valence-corrected chi connectivity index (χ0v) is 22.2. The summed E-state index contributed by atoms with van der Waals surface area (Å²) in [7, 11) is -1.83. The summed E-state index contributed by atoms with van der Waals surface area (Å²) in [5.74, 6) is -0.0991. The van der Waals surface area contributed by atoms with E-state index in [1.54, 1.807) is 24.3 Å². The van der Waals surface area contributed by atoms with Crippen molar-refractivity contribution in [3.05, 3.63) is 89.1 Å². The zero-order valence-electron chi connectivity index (χ0n) is 21.4. The smallest absolute Gasteiger partial charge is 0.261 e. The molecule has 2 aliphatic rings. The van der Waals surface area contributed by atoms with Gasteiger partial charge in [0, 0.05) is 30.2 Å². The average Bonchev–Trinajstić information content (AvgIpc) is 3.25. The first-order chi connectivity index (χ1) is 17.5. The van der Waals surface area contributed by atoms with Gasteiger partial charge in [0.15, 0.2) is 0 Å². The molecule has 0 radical (unpaired) electrons. The van der Waals surface area contributed by atoms with Crippen molar-refractivity contribution in [1.29, 1.82) is 0 Å². The minimum Gasteiger partial charge on any atom is -0.355 e. The van der Waals surface area contributed by atoms with Gasteiger partial charge < -0.3 is 14.8 Å². The van der Waals surface area contributed by atoms with E-state index in [1.165, 1.54) is 10.9 Å². The summed E-state index contributed by atoms with van der Waals surface area (Å²) in [6.07, 6.45) is 0.529. The summed E-state index contributed by atoms with van der Waals surface area (Å²) in [5.41, 5.74) is 5.98. The lowest BCUT2D eigenvalue weighted by atomic mass is 9.87. The van der Waals surface area contributed by atoms with Crippen LogP contribution in [0.5, 0.6) is 0 Å². The van der Waals surface area contributed by atoms with Gasteiger partial charge in [-0.15, -0.1) is 0 Å². The zero-order chi connectivity index (χ0) is 26.1. The van der Waals surface area contributed by atoms with E-state index in [1.807, 2.05) is 42.3 Å². The molecule has 0 fully saturated rings. The Morgan fingerprint density at radius 2 is 1.73 bits per heavy atom. The normalized spacial score (nSPS) is 17.4. The highest BCUT2D eigenvalue weighted by Crippen LogP contribution is 2.43. The molecular formula is C29H30N4O3S. The molecule has 2 N–H and O–H groups in total. The molecule has 0 aliphatic carbocycles. The number of hydrogen-bond donors (Lipinski definition) is 2. The largest absolute Gasteiger partial charge is 0.355 e. The molecule has 37 heavy (non-hydrogen) atoms. The van der Waals surface area contributed by atoms with Crippen molar-refractivity contribution < 1.29 is 13.2 Å². The van der Waals surface area contributed by atoms with Gasteiger partial charge in [-0.2, -0.15) is 0 Å². The highest BCUT2D eigenvalue weighted by molar-refractivity contribution is 7.92. The van der Waals surface area contributed by atoms with Crippen LogP contribution in [0.2, 0.25) is 0 Å². The van der Waals surface area contributed by atoms with E-state index in [2.05, 4.69) is 47.5 Å². The fourth-order valence-electron chi connectivity index (χ4n) is 5.55. The first-order valence-corrected chi connectivity index (χ1v) is 13.9. The van der Waals surface area contributed by atoms with E-state index in [9.17, 15) is 13.2 Å². The lowest BCUT2D eigenvalue weighted by molar-refractivity contribution is 0.0634. The van der Waals surface area contributed by atoms with Crippen LogP contribution in [0.1, 0.15) is 54.1 Å². The number of anilines is 2. The van der Waals surface area contributed by atoms with Crippen LogP contribution in [0.25, 0.3) is 10.9 Å². The number of hydrogen-bond acceptors (Lipinski definition) is 4. The Balaban J connectivity index is 1.32. The number of amides is 1. The van der Waals surface area contributed by atoms with Crippen molar-refractivity contribution in [3.63, 3.8) is 0 Å². The molecule has 190 valence electrons. The Kier molecular flexibility index (Phi) is 5.18. The third kappa shape index (κ3) is 3.78. The summed E-state index contributed by atoms with van der Waals surface area (Å²) in [4.78, 5) is 21.3. The van der Waals surface area contributed by atoms with Crippen LogP contribution in [0.4, 0.5) is 11.4 Å². The van der Waals surface area contributed by atoms with Crippen molar-refractivity contribution in [2.75, 3.05) is 23.2 Å². The van der Waals surface area contributed by atoms with Gasteiger partial charge in [-0.05, 0) is 59.4 Å². The van der Waals surface area contributed by atoms with E-state index in [4.69, 9.17) is 0 Å². The molecule has 0 saturated carbocycles. The second-order valence-electron chi connectivity index (χ2n) is 10.9. The lowest BCUT2D eigenvalue weighted by Crippen LogP contribution is -2.51. The predicted octanol–water partition coefficient (Wildman–Crippen LogP) is 5.41. The van der Waals surface area contributed by atoms with Crippen LogP contribution in [0.15, 0.2) is 71.6 Å². The number of para-hydroxylation sites is 1. The summed E-state index contributed by atoms with van der Waals surface area (Å²) in [6, 6.07) is 20.3. The van der Waals surface area contributed by atoms with Gasteiger partial charge in [0.25, 0.3) is 15.9 Å². The molecule has 1 atom stereocenters. The highest BCUT2D eigenvalue weighted by Gasteiger charge is 2.41. The van der Waals surface area contributed by atoms with Crippen molar-refractivity contribution in [3.8, 4) is 0 Å². The van der Waals surface area contributed by atoms with Crippen LogP contribution < -0.4 is 9.62 Å². The Morgan fingerprint density at radius 1 is 1.00 bits per heavy atom. The third-order valence-corrected chi connectivity index (χ3v) is 8.92. The van der Waals surface area contributed by atoms with Crippen LogP contribution in [0.3, 0.4) is 0 Å². The molecule has 8 heteroatoms. The number of fused-ring (bicyclic) bond motifs is 6. The van der Waals surface area contributed by atoms with Crippen LogP contribution in [-0.4, -0.2) is 37.8 Å². The third-order valence-electron chi connectivity index (χ3n) is 7.52. The summed E-state index contributed by atoms with van der Waals surface area (Å²) < 4.78 is 28.9. The SMILES string of the molecule is CN1c2ccc(NS(=O)(=O)c3ccc(C(C)(C)C)cc3)cc2C(=O)N2CCc3c([nH]c4ccccc34)C21. The summed E-state index contributed by atoms with van der Waals surface area (Å²) >= 11 is 0. The number of nitrogens with one attached hydrogen (secondary N) is 2. The first kappa shape index (κ1) is 23.6. The Labute approximate surface area is 217 Å². The Morgan fingerprint density at radius 3 is 2.46 bits per heavy atom. The van der Waals surface area contributed by atoms with E-state index in [-0.39, 0.29) is 22.4 Å². The molecule has 0 bridgehead atoms. The molecule has 1 amide bonds. The quantitative estimate of drug-likeness (QED) is 0.383. The molecule has 3 aromatic carbocycles. The van der Waals surface area contributed by atoms with E-state index < -0.39 is 10.0 Å². The average molecular weight is 515 g/mol. The topological polar surface area (TPSA) is 85.5 Å². The van der Waals surface area contributed by atoms with Crippen LogP contribution in [0, 0.1) is 0 Å². The van der Waals surface area contributed by atoms with Gasteiger partial charge in [0.2, 0.25) is 0 Å². The maximum atomic E-state index is 13.6. The van der Waals surface area contributed by atoms with E-state index in [0.29, 0.717) is 17.8 Å². The maximum Gasteiger partial charge on any atom is 0.261 e. The van der Waals surface area contributed by atoms with Crippen molar-refractivity contribution in [2.24, 2.45) is 0 Å². The number of benzene rings is 3. The van der Waals surface area contributed by atoms with Crippen LogP contribution in [-0.2, 0) is 21.9 Å². The summed E-state index contributed by atoms with van der Waals surface area (Å²) in [6.45, 7) is 6.85. The van der Waals surface area contributed by atoms with Crippen molar-refractivity contribution >= 4 is 38.2 Å². The standard InChI is InChI=1S/C29H30N4O3S/c1-29(2,3)18-9-12-20(13-10-18)37(35,36)31-19-11-14-25-23(17-19)28(34)33-16-15-22-21-7-5-6-8-24(21)30-26(22)27(33)32(25)4/h5-14,17,27,30-31H,15-16H2,1-4H3. The number of aromatic nitrogens is 1. The molecule has 0 spiro atoms. The minimum absolute atomic E-state index is 0.0689. The minimum atomic E-state index is -3.80. The van der Waals surface area contributed by atoms with Gasteiger partial charge in [0.1, 0.15) is 6.17 Å². The van der Waals surface area contributed by atoms with Gasteiger partial charge in [-0.3, -0.25) is 9.52 Å². The highest BCUT2D eigenvalue weighted by atomic mass is 32.2. The van der Waals surface area contributed by atoms with Gasteiger partial charge in [-0.1, -0.05) is 51.1 Å². The van der Waals surface area contributed by atoms with Gasteiger partial charge in [-0.25, -0.2) is 8.42 Å². The number of sulfonamides is 1. The molecule has 2 aliphatic heterocycles. The Hall–Kier alpha value is -3.78. The van der Waals surface area contributed by atoms with Gasteiger partial charge in [0.05, 0.1) is 21.8 Å². The molecule has 1 unspecified atom stereocenters. The second kappa shape index (κ2) is 8.11. The molecule has 1 aromatic heterocycles. The number of carbonyl (C=O) groups is 1. The van der Waals surface area contributed by atoms with E-state index in [0.717, 1.165) is 28.9 Å². The fourth-order valence-corrected chi connectivity index (χ4v) is 6.60.